The minimum atomic E-state index is -2.57. The number of hydrogen-bond acceptors (Lipinski definition) is 12. The van der Waals surface area contributed by atoms with E-state index in [2.05, 4.69) is 0 Å². The zero-order valence-corrected chi connectivity index (χ0v) is 26.9. The Morgan fingerprint density at radius 1 is 0.977 bits per heavy atom. The Kier molecular flexibility index (Phi) is 10.7. The van der Waals surface area contributed by atoms with Crippen LogP contribution in [0.2, 0.25) is 0 Å². The summed E-state index contributed by atoms with van der Waals surface area (Å²) in [4.78, 5) is 64.7. The van der Waals surface area contributed by atoms with Gasteiger partial charge in [-0.25, -0.2) is 9.59 Å². The Hall–Kier alpha value is -3.25. The van der Waals surface area contributed by atoms with Crippen LogP contribution in [0, 0.1) is 5.92 Å². The van der Waals surface area contributed by atoms with Gasteiger partial charge in [0.1, 0.15) is 11.7 Å². The van der Waals surface area contributed by atoms with Gasteiger partial charge in [0.25, 0.3) is 0 Å². The minimum Gasteiger partial charge on any atom is -0.459 e. The molecule has 0 unspecified atom stereocenters. The first kappa shape index (κ1) is 35.2. The molecular weight excluding hydrogens is 576 g/mol. The van der Waals surface area contributed by atoms with E-state index in [1.54, 1.807) is 33.8 Å². The quantitative estimate of drug-likeness (QED) is 0.114. The van der Waals surface area contributed by atoms with Crippen molar-refractivity contribution in [3.05, 3.63) is 22.8 Å². The zero-order valence-electron chi connectivity index (χ0n) is 26.9. The molecule has 1 saturated heterocycles. The predicted octanol–water partition coefficient (Wildman–Crippen LogP) is 3.15. The summed E-state index contributed by atoms with van der Waals surface area (Å²) in [6, 6.07) is 0. The van der Waals surface area contributed by atoms with Gasteiger partial charge in [-0.15, -0.1) is 0 Å². The van der Waals surface area contributed by atoms with E-state index in [9.17, 15) is 34.2 Å². The maximum absolute atomic E-state index is 13.2. The highest BCUT2D eigenvalue weighted by Gasteiger charge is 2.76. The van der Waals surface area contributed by atoms with Crippen molar-refractivity contribution >= 4 is 29.8 Å². The third-order valence-electron chi connectivity index (χ3n) is 9.01. The Bertz CT molecular complexity index is 1230. The Labute approximate surface area is 258 Å². The fourth-order valence-corrected chi connectivity index (χ4v) is 6.55. The van der Waals surface area contributed by atoms with Crippen LogP contribution in [0.5, 0.6) is 0 Å². The van der Waals surface area contributed by atoms with Crippen LogP contribution in [0.4, 0.5) is 0 Å². The van der Waals surface area contributed by atoms with E-state index < -0.39 is 83.4 Å². The lowest BCUT2D eigenvalue weighted by Gasteiger charge is -2.41. The van der Waals surface area contributed by atoms with Crippen LogP contribution in [-0.4, -0.2) is 81.3 Å². The SMILES string of the molecule is C/C=C(/C)C(=O)O[C@H]1C(C)=C2[C@H]3OC(=O)[C@@](C)(O)[C@@]3(O)[C@@H](OC(=O)CCC)C[C@](C)(OC(C)=O)[C@H]2[C@@H]1OC(=O)CCCCC. The van der Waals surface area contributed by atoms with Gasteiger partial charge in [0.15, 0.2) is 29.5 Å². The second-order valence-electron chi connectivity index (χ2n) is 12.3. The molecule has 3 rings (SSSR count). The molecule has 2 N–H and O–H groups in total. The molecule has 0 amide bonds. The lowest BCUT2D eigenvalue weighted by molar-refractivity contribution is -0.212. The molecule has 246 valence electrons. The van der Waals surface area contributed by atoms with E-state index in [-0.39, 0.29) is 29.6 Å². The van der Waals surface area contributed by atoms with Gasteiger partial charge in [-0.2, -0.15) is 0 Å². The van der Waals surface area contributed by atoms with Gasteiger partial charge >= 0.3 is 29.8 Å². The number of carbonyl (C=O) groups excluding carboxylic acids is 5. The van der Waals surface area contributed by atoms with Crippen molar-refractivity contribution in [3.63, 3.8) is 0 Å². The molecular formula is C32H46O12. The number of unbranched alkanes of at least 4 members (excludes halogenated alkanes) is 2. The van der Waals surface area contributed by atoms with Crippen LogP contribution in [0.1, 0.15) is 100 Å². The molecule has 0 radical (unpaired) electrons. The summed E-state index contributed by atoms with van der Waals surface area (Å²) >= 11 is 0. The van der Waals surface area contributed by atoms with Crippen LogP contribution in [0.3, 0.4) is 0 Å². The molecule has 2 fully saturated rings. The third-order valence-corrected chi connectivity index (χ3v) is 9.01. The summed E-state index contributed by atoms with van der Waals surface area (Å²) in [6.45, 7) is 12.3. The average molecular weight is 623 g/mol. The summed E-state index contributed by atoms with van der Waals surface area (Å²) in [6.07, 6.45) is -1.96. The number of esters is 5. The first-order valence-corrected chi connectivity index (χ1v) is 15.3. The zero-order chi connectivity index (χ0) is 33.2. The number of hydrogen-bond donors (Lipinski definition) is 2. The molecule has 0 aromatic rings. The van der Waals surface area contributed by atoms with Gasteiger partial charge in [-0.1, -0.05) is 32.8 Å². The molecule has 0 bridgehead atoms. The molecule has 0 aromatic heterocycles. The number of fused-ring (bicyclic) bond motifs is 3. The Morgan fingerprint density at radius 2 is 1.61 bits per heavy atom. The number of carbonyl (C=O) groups is 5. The van der Waals surface area contributed by atoms with E-state index in [0.29, 0.717) is 12.8 Å². The largest absolute Gasteiger partial charge is 0.459 e. The number of ether oxygens (including phenoxy) is 5. The Morgan fingerprint density at radius 3 is 2.18 bits per heavy atom. The Balaban J connectivity index is 2.29. The molecule has 1 aliphatic heterocycles. The first-order valence-electron chi connectivity index (χ1n) is 15.3. The van der Waals surface area contributed by atoms with E-state index >= 15 is 0 Å². The highest BCUT2D eigenvalue weighted by molar-refractivity contribution is 5.88. The molecule has 44 heavy (non-hydrogen) atoms. The topological polar surface area (TPSA) is 172 Å². The van der Waals surface area contributed by atoms with Gasteiger partial charge in [-0.05, 0) is 58.6 Å². The van der Waals surface area contributed by atoms with Crippen LogP contribution < -0.4 is 0 Å². The molecule has 0 aromatic carbocycles. The predicted molar refractivity (Wildman–Crippen MR) is 155 cm³/mol. The van der Waals surface area contributed by atoms with Gasteiger partial charge in [0.2, 0.25) is 0 Å². The molecule has 12 heteroatoms. The lowest BCUT2D eigenvalue weighted by Crippen LogP contribution is -2.64. The van der Waals surface area contributed by atoms with Crippen molar-refractivity contribution < 1.29 is 57.9 Å². The second-order valence-corrected chi connectivity index (χ2v) is 12.3. The maximum Gasteiger partial charge on any atom is 0.341 e. The highest BCUT2D eigenvalue weighted by atomic mass is 16.6. The molecule has 1 saturated carbocycles. The van der Waals surface area contributed by atoms with Gasteiger partial charge in [0, 0.05) is 31.8 Å². The minimum absolute atomic E-state index is 0.0239. The lowest BCUT2D eigenvalue weighted by atomic mass is 9.75. The van der Waals surface area contributed by atoms with E-state index in [4.69, 9.17) is 23.7 Å². The average Bonchev–Trinajstić information content (AvgIpc) is 3.26. The number of aliphatic hydroxyl groups is 2. The first-order chi connectivity index (χ1) is 20.5. The highest BCUT2D eigenvalue weighted by Crippen LogP contribution is 2.57. The second kappa shape index (κ2) is 13.4. The summed E-state index contributed by atoms with van der Waals surface area (Å²) < 4.78 is 29.1. The van der Waals surface area contributed by atoms with E-state index in [0.717, 1.165) is 19.8 Å². The fourth-order valence-electron chi connectivity index (χ4n) is 6.55. The maximum atomic E-state index is 13.2. The fraction of sp³-hybridized carbons (Fsp3) is 0.719. The molecule has 12 nitrogen and oxygen atoms in total. The van der Waals surface area contributed by atoms with Gasteiger partial charge < -0.3 is 33.9 Å². The van der Waals surface area contributed by atoms with E-state index in [1.807, 2.05) is 6.92 Å². The van der Waals surface area contributed by atoms with Gasteiger partial charge in [0.05, 0.1) is 5.92 Å². The van der Waals surface area contributed by atoms with Crippen molar-refractivity contribution in [2.75, 3.05) is 0 Å². The molecule has 2 aliphatic carbocycles. The van der Waals surface area contributed by atoms with Crippen LogP contribution >= 0.6 is 0 Å². The molecule has 0 spiro atoms. The van der Waals surface area contributed by atoms with Crippen molar-refractivity contribution in [2.24, 2.45) is 5.92 Å². The van der Waals surface area contributed by atoms with Gasteiger partial charge in [-0.3, -0.25) is 14.4 Å². The van der Waals surface area contributed by atoms with Crippen molar-refractivity contribution in [1.82, 2.24) is 0 Å². The summed E-state index contributed by atoms with van der Waals surface area (Å²) in [7, 11) is 0. The smallest absolute Gasteiger partial charge is 0.341 e. The van der Waals surface area contributed by atoms with Crippen molar-refractivity contribution in [2.45, 2.75) is 142 Å². The van der Waals surface area contributed by atoms with E-state index in [1.165, 1.54) is 13.8 Å². The van der Waals surface area contributed by atoms with Crippen LogP contribution in [0.15, 0.2) is 22.8 Å². The van der Waals surface area contributed by atoms with Crippen LogP contribution in [0.25, 0.3) is 0 Å². The van der Waals surface area contributed by atoms with Crippen LogP contribution in [-0.2, 0) is 47.7 Å². The standard InChI is InChI=1S/C32H46O12/c1-9-12-13-15-22(35)41-26-24-23(18(5)25(26)42-28(36)17(4)11-3)27-32(39,31(8,38)29(37)43-27)20(40-21(34)14-10-2)16-30(24,7)44-19(6)33/h11,20,24-27,38-39H,9-10,12-16H2,1-8H3/b17-11-/t20-,24+,25-,26-,27+,30-,31+,32+/m0/s1. The monoisotopic (exact) mass is 622 g/mol. The van der Waals surface area contributed by atoms with Crippen molar-refractivity contribution in [3.8, 4) is 0 Å². The normalized spacial score (nSPS) is 34.8. The summed E-state index contributed by atoms with van der Waals surface area (Å²) in [5.74, 6) is -5.05. The number of rotatable bonds is 11. The number of allylic oxidation sites excluding steroid dienone is 1. The molecule has 8 atom stereocenters. The summed E-state index contributed by atoms with van der Waals surface area (Å²) in [5.41, 5.74) is -6.12. The third kappa shape index (κ3) is 6.28. The van der Waals surface area contributed by atoms with Crippen molar-refractivity contribution in [1.29, 1.82) is 0 Å². The summed E-state index contributed by atoms with van der Waals surface area (Å²) in [5, 5.41) is 23.8. The molecule has 1 heterocycles. The molecule has 3 aliphatic rings.